The fourth-order valence-electron chi connectivity index (χ4n) is 2.73. The van der Waals surface area contributed by atoms with E-state index in [2.05, 4.69) is 12.2 Å². The molecular weight excluding hydrogens is 226 g/mol. The van der Waals surface area contributed by atoms with Crippen molar-refractivity contribution in [3.05, 3.63) is 23.8 Å². The Hall–Kier alpha value is -1.22. The lowest BCUT2D eigenvalue weighted by molar-refractivity contribution is 0.374. The van der Waals surface area contributed by atoms with Gasteiger partial charge in [-0.25, -0.2) is 0 Å². The highest BCUT2D eigenvalue weighted by molar-refractivity contribution is 5.39. The van der Waals surface area contributed by atoms with Gasteiger partial charge in [-0.3, -0.25) is 0 Å². The van der Waals surface area contributed by atoms with E-state index in [1.54, 1.807) is 19.2 Å². The van der Waals surface area contributed by atoms with E-state index >= 15 is 0 Å². The van der Waals surface area contributed by atoms with E-state index in [9.17, 15) is 5.11 Å². The van der Waals surface area contributed by atoms with Crippen LogP contribution in [0.15, 0.2) is 18.2 Å². The van der Waals surface area contributed by atoms with Gasteiger partial charge in [0.25, 0.3) is 0 Å². The summed E-state index contributed by atoms with van der Waals surface area (Å²) in [5.41, 5.74) is 0.902. The fourth-order valence-corrected chi connectivity index (χ4v) is 2.73. The van der Waals surface area contributed by atoms with Crippen LogP contribution in [0.5, 0.6) is 11.5 Å². The van der Waals surface area contributed by atoms with Gasteiger partial charge in [-0.15, -0.1) is 0 Å². The predicted octanol–water partition coefficient (Wildman–Crippen LogP) is 3.07. The summed E-state index contributed by atoms with van der Waals surface area (Å²) < 4.78 is 5.18. The molecule has 0 amide bonds. The van der Waals surface area contributed by atoms with E-state index in [-0.39, 0.29) is 0 Å². The second kappa shape index (κ2) is 6.10. The van der Waals surface area contributed by atoms with Crippen molar-refractivity contribution >= 4 is 0 Å². The van der Waals surface area contributed by atoms with Crippen molar-refractivity contribution in [3.8, 4) is 11.5 Å². The average Bonchev–Trinajstić information content (AvgIpc) is 2.91. The van der Waals surface area contributed by atoms with Crippen LogP contribution in [0.1, 0.15) is 38.2 Å². The van der Waals surface area contributed by atoms with Crippen molar-refractivity contribution in [2.45, 2.75) is 45.2 Å². The molecule has 1 aliphatic carbocycles. The number of phenolic OH excluding ortho intramolecular Hbond substituents is 1. The molecule has 0 aromatic heterocycles. The zero-order valence-electron chi connectivity index (χ0n) is 11.3. The molecule has 0 bridgehead atoms. The molecule has 0 spiro atoms. The quantitative estimate of drug-likeness (QED) is 0.842. The number of phenols is 1. The lowest BCUT2D eigenvalue weighted by atomic mass is 9.99. The van der Waals surface area contributed by atoms with Gasteiger partial charge in [-0.2, -0.15) is 0 Å². The van der Waals surface area contributed by atoms with Gasteiger partial charge in [0.1, 0.15) is 11.5 Å². The molecule has 100 valence electrons. The second-order valence-electron chi connectivity index (χ2n) is 5.21. The number of hydrogen-bond donors (Lipinski definition) is 2. The smallest absolute Gasteiger partial charge is 0.120 e. The number of methoxy groups -OCH3 is 1. The van der Waals surface area contributed by atoms with Gasteiger partial charge in [0.15, 0.2) is 0 Å². The largest absolute Gasteiger partial charge is 0.508 e. The van der Waals surface area contributed by atoms with Gasteiger partial charge < -0.3 is 15.2 Å². The van der Waals surface area contributed by atoms with E-state index in [0.717, 1.165) is 17.2 Å². The zero-order valence-corrected chi connectivity index (χ0v) is 11.3. The molecule has 0 radical (unpaired) electrons. The van der Waals surface area contributed by atoms with Gasteiger partial charge in [-0.05, 0) is 43.9 Å². The van der Waals surface area contributed by atoms with Gasteiger partial charge >= 0.3 is 0 Å². The number of hydrogen-bond acceptors (Lipinski definition) is 3. The normalized spacial score (nSPS) is 17.9. The lowest BCUT2D eigenvalue weighted by Gasteiger charge is -2.20. The minimum absolute atomic E-state index is 0.335. The molecule has 0 saturated heterocycles. The van der Waals surface area contributed by atoms with Crippen molar-refractivity contribution in [1.29, 1.82) is 0 Å². The SMILES string of the molecule is COc1ccc(O)c(CN[C@@H](C)C2CCCC2)c1. The molecule has 1 aliphatic rings. The fraction of sp³-hybridized carbons (Fsp3) is 0.600. The Bertz CT molecular complexity index is 386. The van der Waals surface area contributed by atoms with E-state index in [1.807, 2.05) is 6.07 Å². The first-order chi connectivity index (χ1) is 8.70. The molecule has 0 heterocycles. The minimum atomic E-state index is 0.335. The predicted molar refractivity (Wildman–Crippen MR) is 72.9 cm³/mol. The summed E-state index contributed by atoms with van der Waals surface area (Å²) in [4.78, 5) is 0. The first-order valence-electron chi connectivity index (χ1n) is 6.80. The second-order valence-corrected chi connectivity index (χ2v) is 5.21. The van der Waals surface area contributed by atoms with Crippen LogP contribution >= 0.6 is 0 Å². The Morgan fingerprint density at radius 1 is 1.39 bits per heavy atom. The lowest BCUT2D eigenvalue weighted by Crippen LogP contribution is -2.31. The van der Waals surface area contributed by atoms with Crippen LogP contribution in [-0.2, 0) is 6.54 Å². The third kappa shape index (κ3) is 3.16. The van der Waals surface area contributed by atoms with Crippen molar-refractivity contribution in [2.24, 2.45) is 5.92 Å². The number of nitrogens with one attached hydrogen (secondary N) is 1. The van der Waals surface area contributed by atoms with Gasteiger partial charge in [0.05, 0.1) is 7.11 Å². The zero-order chi connectivity index (χ0) is 13.0. The summed E-state index contributed by atoms with van der Waals surface area (Å²) >= 11 is 0. The molecule has 1 fully saturated rings. The van der Waals surface area contributed by atoms with Gasteiger partial charge in [0, 0.05) is 18.2 Å². The number of ether oxygens (including phenoxy) is 1. The summed E-state index contributed by atoms with van der Waals surface area (Å²) in [6.07, 6.45) is 5.39. The van der Waals surface area contributed by atoms with Gasteiger partial charge in [-0.1, -0.05) is 12.8 Å². The van der Waals surface area contributed by atoms with Crippen LogP contribution in [-0.4, -0.2) is 18.3 Å². The Morgan fingerprint density at radius 2 is 2.11 bits per heavy atom. The summed E-state index contributed by atoms with van der Waals surface area (Å²) in [6.45, 7) is 2.94. The Morgan fingerprint density at radius 3 is 2.78 bits per heavy atom. The van der Waals surface area contributed by atoms with Crippen molar-refractivity contribution in [1.82, 2.24) is 5.32 Å². The van der Waals surface area contributed by atoms with E-state index in [1.165, 1.54) is 25.7 Å². The Balaban J connectivity index is 1.92. The third-order valence-corrected chi connectivity index (χ3v) is 4.01. The molecule has 1 saturated carbocycles. The summed E-state index contributed by atoms with van der Waals surface area (Å²) in [5.74, 6) is 1.91. The minimum Gasteiger partial charge on any atom is -0.508 e. The highest BCUT2D eigenvalue weighted by atomic mass is 16.5. The molecule has 3 nitrogen and oxygen atoms in total. The highest BCUT2D eigenvalue weighted by Crippen LogP contribution is 2.28. The summed E-state index contributed by atoms with van der Waals surface area (Å²) in [6, 6.07) is 5.87. The molecule has 1 aromatic rings. The Labute approximate surface area is 109 Å². The number of aromatic hydroxyl groups is 1. The molecule has 18 heavy (non-hydrogen) atoms. The average molecular weight is 249 g/mol. The van der Waals surface area contributed by atoms with Crippen LogP contribution < -0.4 is 10.1 Å². The van der Waals surface area contributed by atoms with Crippen molar-refractivity contribution in [3.63, 3.8) is 0 Å². The molecule has 1 atom stereocenters. The molecule has 0 unspecified atom stereocenters. The van der Waals surface area contributed by atoms with Crippen molar-refractivity contribution < 1.29 is 9.84 Å². The van der Waals surface area contributed by atoms with Crippen molar-refractivity contribution in [2.75, 3.05) is 7.11 Å². The molecular formula is C15H23NO2. The maximum atomic E-state index is 9.81. The molecule has 0 aliphatic heterocycles. The van der Waals surface area contributed by atoms with Gasteiger partial charge in [0.2, 0.25) is 0 Å². The standard InChI is InChI=1S/C15H23NO2/c1-11(12-5-3-4-6-12)16-10-13-9-14(18-2)7-8-15(13)17/h7-9,11-12,16-17H,3-6,10H2,1-2H3/t11-/m0/s1. The first-order valence-corrected chi connectivity index (χ1v) is 6.80. The maximum absolute atomic E-state index is 9.81. The molecule has 2 rings (SSSR count). The van der Waals surface area contributed by atoms with Crippen LogP contribution in [0.4, 0.5) is 0 Å². The topological polar surface area (TPSA) is 41.5 Å². The number of rotatable bonds is 5. The summed E-state index contributed by atoms with van der Waals surface area (Å²) in [7, 11) is 1.64. The van der Waals surface area contributed by atoms with E-state index in [0.29, 0.717) is 18.3 Å². The maximum Gasteiger partial charge on any atom is 0.120 e. The Kier molecular flexibility index (Phi) is 4.48. The molecule has 3 heteroatoms. The van der Waals surface area contributed by atoms with Crippen LogP contribution in [0, 0.1) is 5.92 Å². The third-order valence-electron chi connectivity index (χ3n) is 4.01. The highest BCUT2D eigenvalue weighted by Gasteiger charge is 2.21. The summed E-state index contributed by atoms with van der Waals surface area (Å²) in [5, 5.41) is 13.3. The van der Waals surface area contributed by atoms with Crippen LogP contribution in [0.3, 0.4) is 0 Å². The molecule has 2 N–H and O–H groups in total. The number of benzene rings is 1. The first kappa shape index (κ1) is 13.2. The van der Waals surface area contributed by atoms with E-state index in [4.69, 9.17) is 4.74 Å². The monoisotopic (exact) mass is 249 g/mol. The molecule has 1 aromatic carbocycles. The van der Waals surface area contributed by atoms with Crippen LogP contribution in [0.25, 0.3) is 0 Å². The van der Waals surface area contributed by atoms with Crippen LogP contribution in [0.2, 0.25) is 0 Å². The van der Waals surface area contributed by atoms with E-state index < -0.39 is 0 Å².